The molecule has 0 spiro atoms. The molecule has 0 fully saturated rings. The van der Waals surface area contributed by atoms with Crippen LogP contribution >= 0.6 is 0 Å². The minimum absolute atomic E-state index is 0.00329. The second-order valence-corrected chi connectivity index (χ2v) is 3.77. The van der Waals surface area contributed by atoms with Crippen LogP contribution in [0.4, 0.5) is 13.2 Å². The molecular weight excluding hydrogens is 237 g/mol. The van der Waals surface area contributed by atoms with Crippen LogP contribution in [0.15, 0.2) is 12.4 Å². The number of aromatic nitrogens is 2. The molecule has 0 saturated carbocycles. The molecule has 1 aromatic heterocycles. The van der Waals surface area contributed by atoms with Crippen LogP contribution in [0.2, 0.25) is 0 Å². The Morgan fingerprint density at radius 3 is 2.24 bits per heavy atom. The van der Waals surface area contributed by atoms with E-state index in [0.29, 0.717) is 12.8 Å². The summed E-state index contributed by atoms with van der Waals surface area (Å²) in [5.74, 6) is -2.67. The molecule has 0 aliphatic rings. The van der Waals surface area contributed by atoms with E-state index in [1.165, 1.54) is 6.92 Å². The van der Waals surface area contributed by atoms with Gasteiger partial charge < -0.3 is 9.84 Å². The van der Waals surface area contributed by atoms with Crippen LogP contribution < -0.4 is 4.74 Å². The highest BCUT2D eigenvalue weighted by atomic mass is 19.4. The van der Waals surface area contributed by atoms with E-state index < -0.39 is 17.8 Å². The minimum atomic E-state index is -4.58. The van der Waals surface area contributed by atoms with Crippen molar-refractivity contribution in [3.8, 4) is 5.75 Å². The summed E-state index contributed by atoms with van der Waals surface area (Å²) in [4.78, 5) is 6.24. The molecule has 1 N–H and O–H groups in total. The zero-order valence-corrected chi connectivity index (χ0v) is 9.45. The molecule has 0 amide bonds. The molecule has 96 valence electrons. The van der Waals surface area contributed by atoms with Gasteiger partial charge in [-0.15, -0.1) is 0 Å². The number of alkyl halides is 3. The topological polar surface area (TPSA) is 55.2 Å². The Labute approximate surface area is 96.5 Å². The highest BCUT2D eigenvalue weighted by molar-refractivity contribution is 5.14. The molecule has 0 aliphatic heterocycles. The summed E-state index contributed by atoms with van der Waals surface area (Å²) in [5.41, 5.74) is 0. The Hall–Kier alpha value is -1.37. The summed E-state index contributed by atoms with van der Waals surface area (Å²) in [6.45, 7) is 3.27. The summed E-state index contributed by atoms with van der Waals surface area (Å²) < 4.78 is 41.6. The van der Waals surface area contributed by atoms with Crippen LogP contribution in [0, 0.1) is 0 Å². The lowest BCUT2D eigenvalue weighted by atomic mass is 10.2. The number of hydrogen-bond donors (Lipinski definition) is 1. The molecular formula is C10H13F3N2O2. The van der Waals surface area contributed by atoms with Crippen molar-refractivity contribution in [2.75, 3.05) is 0 Å². The molecule has 17 heavy (non-hydrogen) atoms. The van der Waals surface area contributed by atoms with Gasteiger partial charge in [0.25, 0.3) is 0 Å². The third kappa shape index (κ3) is 4.18. The average molecular weight is 250 g/mol. The van der Waals surface area contributed by atoms with Gasteiger partial charge in [-0.1, -0.05) is 6.92 Å². The van der Waals surface area contributed by atoms with Gasteiger partial charge in [0.05, 0.1) is 12.4 Å². The van der Waals surface area contributed by atoms with Crippen LogP contribution in [0.25, 0.3) is 0 Å². The standard InChI is InChI=1S/C10H13F3N2O2/c1-3-4-9(2,16)17-7-5-14-8(15-6-7)10(11,12)13/h5-6,16H,3-4H2,1-2H3/t9-/m0/s1. The van der Waals surface area contributed by atoms with E-state index in [4.69, 9.17) is 4.74 Å². The molecule has 1 atom stereocenters. The van der Waals surface area contributed by atoms with Gasteiger partial charge in [0, 0.05) is 13.3 Å². The first-order valence-corrected chi connectivity index (χ1v) is 5.05. The van der Waals surface area contributed by atoms with Gasteiger partial charge in [-0.25, -0.2) is 9.97 Å². The Morgan fingerprint density at radius 1 is 1.29 bits per heavy atom. The summed E-state index contributed by atoms with van der Waals surface area (Å²) in [6, 6.07) is 0. The maximum atomic E-state index is 12.2. The van der Waals surface area contributed by atoms with Gasteiger partial charge in [0.1, 0.15) is 0 Å². The van der Waals surface area contributed by atoms with Crippen molar-refractivity contribution in [3.63, 3.8) is 0 Å². The second kappa shape index (κ2) is 4.87. The molecule has 0 unspecified atom stereocenters. The summed E-state index contributed by atoms with van der Waals surface area (Å²) in [5, 5.41) is 9.70. The number of aliphatic hydroxyl groups is 1. The van der Waals surface area contributed by atoms with Crippen molar-refractivity contribution in [1.29, 1.82) is 0 Å². The van der Waals surface area contributed by atoms with Crippen LogP contribution in [0.1, 0.15) is 32.5 Å². The Bertz CT molecular complexity index is 363. The van der Waals surface area contributed by atoms with Crippen molar-refractivity contribution in [1.82, 2.24) is 9.97 Å². The third-order valence-corrected chi connectivity index (χ3v) is 1.93. The molecule has 0 aromatic carbocycles. The minimum Gasteiger partial charge on any atom is -0.460 e. The maximum Gasteiger partial charge on any atom is 0.451 e. The number of nitrogens with zero attached hydrogens (tertiary/aromatic N) is 2. The second-order valence-electron chi connectivity index (χ2n) is 3.77. The van der Waals surface area contributed by atoms with Gasteiger partial charge in [0.15, 0.2) is 5.75 Å². The lowest BCUT2D eigenvalue weighted by Crippen LogP contribution is -2.31. The average Bonchev–Trinajstić information content (AvgIpc) is 2.16. The van der Waals surface area contributed by atoms with Gasteiger partial charge in [0.2, 0.25) is 11.6 Å². The Balaban J connectivity index is 2.75. The molecule has 7 heteroatoms. The van der Waals surface area contributed by atoms with E-state index in [2.05, 4.69) is 9.97 Å². The Kier molecular flexibility index (Phi) is 3.92. The summed E-state index contributed by atoms with van der Waals surface area (Å²) in [7, 11) is 0. The molecule has 1 rings (SSSR count). The van der Waals surface area contributed by atoms with Crippen molar-refractivity contribution in [2.24, 2.45) is 0 Å². The molecule has 1 aromatic rings. The van der Waals surface area contributed by atoms with Gasteiger partial charge in [-0.05, 0) is 6.42 Å². The van der Waals surface area contributed by atoms with E-state index in [1.807, 2.05) is 6.92 Å². The molecule has 0 radical (unpaired) electrons. The Morgan fingerprint density at radius 2 is 1.82 bits per heavy atom. The van der Waals surface area contributed by atoms with E-state index in [-0.39, 0.29) is 5.75 Å². The SMILES string of the molecule is CCC[C@@](C)(O)Oc1cnc(C(F)(F)F)nc1. The van der Waals surface area contributed by atoms with E-state index >= 15 is 0 Å². The van der Waals surface area contributed by atoms with Crippen LogP contribution in [0.3, 0.4) is 0 Å². The van der Waals surface area contributed by atoms with Gasteiger partial charge in [-0.3, -0.25) is 0 Å². The first-order valence-electron chi connectivity index (χ1n) is 5.05. The fourth-order valence-corrected chi connectivity index (χ4v) is 1.28. The first kappa shape index (κ1) is 13.7. The monoisotopic (exact) mass is 250 g/mol. The zero-order chi connectivity index (χ0) is 13.1. The van der Waals surface area contributed by atoms with Crippen molar-refractivity contribution >= 4 is 0 Å². The summed E-state index contributed by atoms with van der Waals surface area (Å²) >= 11 is 0. The van der Waals surface area contributed by atoms with E-state index in [0.717, 1.165) is 12.4 Å². The van der Waals surface area contributed by atoms with Crippen molar-refractivity contribution in [3.05, 3.63) is 18.2 Å². The van der Waals surface area contributed by atoms with Crippen molar-refractivity contribution in [2.45, 2.75) is 38.7 Å². The lowest BCUT2D eigenvalue weighted by Gasteiger charge is -2.23. The number of ether oxygens (including phenoxy) is 1. The molecule has 0 aliphatic carbocycles. The zero-order valence-electron chi connectivity index (χ0n) is 9.45. The number of hydrogen-bond acceptors (Lipinski definition) is 4. The molecule has 0 saturated heterocycles. The van der Waals surface area contributed by atoms with Crippen LogP contribution in [0.5, 0.6) is 5.75 Å². The lowest BCUT2D eigenvalue weighted by molar-refractivity contribution is -0.145. The first-order chi connectivity index (χ1) is 7.74. The van der Waals surface area contributed by atoms with Crippen LogP contribution in [-0.2, 0) is 6.18 Å². The largest absolute Gasteiger partial charge is 0.460 e. The predicted octanol–water partition coefficient (Wildman–Crippen LogP) is 2.38. The predicted molar refractivity (Wildman–Crippen MR) is 53.2 cm³/mol. The van der Waals surface area contributed by atoms with E-state index in [1.54, 1.807) is 0 Å². The highest BCUT2D eigenvalue weighted by Gasteiger charge is 2.34. The highest BCUT2D eigenvalue weighted by Crippen LogP contribution is 2.27. The molecule has 4 nitrogen and oxygen atoms in total. The number of halogens is 3. The van der Waals surface area contributed by atoms with Crippen molar-refractivity contribution < 1.29 is 23.0 Å². The van der Waals surface area contributed by atoms with E-state index in [9.17, 15) is 18.3 Å². The van der Waals surface area contributed by atoms with Crippen LogP contribution in [-0.4, -0.2) is 20.9 Å². The summed E-state index contributed by atoms with van der Waals surface area (Å²) in [6.07, 6.45) is -1.77. The molecule has 1 heterocycles. The van der Waals surface area contributed by atoms with Gasteiger partial charge >= 0.3 is 6.18 Å². The smallest absolute Gasteiger partial charge is 0.451 e. The third-order valence-electron chi connectivity index (χ3n) is 1.93. The normalized spacial score (nSPS) is 15.4. The maximum absolute atomic E-state index is 12.2. The molecule has 0 bridgehead atoms. The fourth-order valence-electron chi connectivity index (χ4n) is 1.28. The fraction of sp³-hybridized carbons (Fsp3) is 0.600. The quantitative estimate of drug-likeness (QED) is 0.833. The van der Waals surface area contributed by atoms with Gasteiger partial charge in [-0.2, -0.15) is 13.2 Å². The number of rotatable bonds is 4.